The molecule has 4 N–H and O–H groups in total. The third-order valence-corrected chi connectivity index (χ3v) is 3.65. The zero-order valence-corrected chi connectivity index (χ0v) is 11.5. The Morgan fingerprint density at radius 1 is 1.00 bits per heavy atom. The largest absolute Gasteiger partial charge is 0.508 e. The van der Waals surface area contributed by atoms with Crippen LogP contribution in [0.5, 0.6) is 28.7 Å². The summed E-state index contributed by atoms with van der Waals surface area (Å²) in [7, 11) is 0. The molecule has 0 amide bonds. The molecule has 0 saturated carbocycles. The van der Waals surface area contributed by atoms with Crippen LogP contribution in [0.25, 0.3) is 0 Å². The highest BCUT2D eigenvalue weighted by Gasteiger charge is 2.32. The van der Waals surface area contributed by atoms with Crippen molar-refractivity contribution in [2.45, 2.75) is 6.42 Å². The van der Waals surface area contributed by atoms with Crippen molar-refractivity contribution in [2.24, 2.45) is 5.92 Å². The van der Waals surface area contributed by atoms with E-state index in [1.165, 1.54) is 18.2 Å². The summed E-state index contributed by atoms with van der Waals surface area (Å²) in [5, 5.41) is 38.0. The fourth-order valence-corrected chi connectivity index (χ4v) is 2.55. The molecule has 0 aliphatic carbocycles. The van der Waals surface area contributed by atoms with Crippen LogP contribution < -0.4 is 4.74 Å². The molecule has 2 aromatic rings. The highest BCUT2D eigenvalue weighted by atomic mass is 16.5. The minimum absolute atomic E-state index is 0.0528. The zero-order chi connectivity index (χ0) is 15.9. The molecule has 22 heavy (non-hydrogen) atoms. The predicted octanol–water partition coefficient (Wildman–Crippen LogP) is 1.94. The zero-order valence-electron chi connectivity index (χ0n) is 11.5. The number of rotatable bonds is 2. The number of carbonyl (C=O) groups is 1. The van der Waals surface area contributed by atoms with Crippen LogP contribution in [-0.4, -0.2) is 32.8 Å². The summed E-state index contributed by atoms with van der Waals surface area (Å²) in [6.07, 6.45) is 0.298. The van der Waals surface area contributed by atoms with Crippen molar-refractivity contribution in [3.63, 3.8) is 0 Å². The molecule has 2 aromatic carbocycles. The van der Waals surface area contributed by atoms with Gasteiger partial charge < -0.3 is 25.2 Å². The molecule has 0 radical (unpaired) electrons. The second kappa shape index (κ2) is 5.14. The minimum Gasteiger partial charge on any atom is -0.508 e. The highest BCUT2D eigenvalue weighted by molar-refractivity contribution is 6.04. The molecule has 0 spiro atoms. The van der Waals surface area contributed by atoms with E-state index in [-0.39, 0.29) is 46.7 Å². The fraction of sp³-hybridized carbons (Fsp3) is 0.188. The van der Waals surface area contributed by atoms with Gasteiger partial charge in [0.2, 0.25) is 0 Å². The van der Waals surface area contributed by atoms with Crippen LogP contribution in [0.2, 0.25) is 0 Å². The maximum atomic E-state index is 12.5. The first-order chi connectivity index (χ1) is 10.5. The lowest BCUT2D eigenvalue weighted by Gasteiger charge is -2.25. The van der Waals surface area contributed by atoms with Gasteiger partial charge >= 0.3 is 0 Å². The SMILES string of the molecule is O=C1c2c(O)cc(O)cc2OC[C@H]1Cc1ccc(O)c(O)c1. The van der Waals surface area contributed by atoms with Gasteiger partial charge in [-0.25, -0.2) is 0 Å². The predicted molar refractivity (Wildman–Crippen MR) is 76.6 cm³/mol. The molecule has 1 aliphatic heterocycles. The van der Waals surface area contributed by atoms with Crippen molar-refractivity contribution in [3.8, 4) is 28.7 Å². The number of carbonyl (C=O) groups excluding carboxylic acids is 1. The maximum absolute atomic E-state index is 12.5. The third-order valence-electron chi connectivity index (χ3n) is 3.65. The maximum Gasteiger partial charge on any atom is 0.177 e. The van der Waals surface area contributed by atoms with Crippen LogP contribution in [-0.2, 0) is 6.42 Å². The lowest BCUT2D eigenvalue weighted by Crippen LogP contribution is -2.29. The summed E-state index contributed by atoms with van der Waals surface area (Å²) < 4.78 is 5.44. The fourth-order valence-electron chi connectivity index (χ4n) is 2.55. The highest BCUT2D eigenvalue weighted by Crippen LogP contribution is 2.38. The normalized spacial score (nSPS) is 16.9. The van der Waals surface area contributed by atoms with Gasteiger partial charge in [-0.05, 0) is 24.1 Å². The molecule has 6 heteroatoms. The van der Waals surface area contributed by atoms with E-state index in [2.05, 4.69) is 0 Å². The topological polar surface area (TPSA) is 107 Å². The van der Waals surface area contributed by atoms with Crippen LogP contribution in [0.1, 0.15) is 15.9 Å². The number of benzene rings is 2. The number of ether oxygens (including phenoxy) is 1. The van der Waals surface area contributed by atoms with Gasteiger partial charge in [0.15, 0.2) is 17.3 Å². The van der Waals surface area contributed by atoms with Gasteiger partial charge in [-0.1, -0.05) is 6.07 Å². The van der Waals surface area contributed by atoms with E-state index in [0.717, 1.165) is 6.07 Å². The van der Waals surface area contributed by atoms with Crippen molar-refractivity contribution in [1.29, 1.82) is 0 Å². The Morgan fingerprint density at radius 3 is 2.50 bits per heavy atom. The summed E-state index contributed by atoms with van der Waals surface area (Å²) in [6.45, 7) is 0.108. The first kappa shape index (κ1) is 14.1. The van der Waals surface area contributed by atoms with Gasteiger partial charge in [0.1, 0.15) is 22.8 Å². The van der Waals surface area contributed by atoms with Crippen molar-refractivity contribution < 1.29 is 30.0 Å². The average Bonchev–Trinajstić information content (AvgIpc) is 2.45. The molecule has 1 heterocycles. The Bertz CT molecular complexity index is 753. The number of hydrogen-bond acceptors (Lipinski definition) is 6. The van der Waals surface area contributed by atoms with Crippen molar-refractivity contribution in [3.05, 3.63) is 41.5 Å². The molecular weight excluding hydrogens is 288 g/mol. The first-order valence-electron chi connectivity index (χ1n) is 6.69. The van der Waals surface area contributed by atoms with Gasteiger partial charge in [0.05, 0.1) is 12.5 Å². The molecular formula is C16H14O6. The Kier molecular flexibility index (Phi) is 3.29. The van der Waals surface area contributed by atoms with Crippen molar-refractivity contribution in [2.75, 3.05) is 6.61 Å². The second-order valence-electron chi connectivity index (χ2n) is 5.24. The molecule has 0 saturated heterocycles. The molecule has 1 atom stereocenters. The van der Waals surface area contributed by atoms with Crippen LogP contribution in [0, 0.1) is 5.92 Å². The van der Waals surface area contributed by atoms with Crippen molar-refractivity contribution in [1.82, 2.24) is 0 Å². The number of fused-ring (bicyclic) bond motifs is 1. The lowest BCUT2D eigenvalue weighted by molar-refractivity contribution is 0.0826. The smallest absolute Gasteiger partial charge is 0.177 e. The number of hydrogen-bond donors (Lipinski definition) is 4. The molecule has 1 aliphatic rings. The number of Topliss-reactive ketones (excluding diaryl/α,β-unsaturated/α-hetero) is 1. The van der Waals surface area contributed by atoms with E-state index in [1.807, 2.05) is 0 Å². The molecule has 3 rings (SSSR count). The van der Waals surface area contributed by atoms with Gasteiger partial charge in [0.25, 0.3) is 0 Å². The van der Waals surface area contributed by atoms with Crippen LogP contribution in [0.4, 0.5) is 0 Å². The summed E-state index contributed by atoms with van der Waals surface area (Å²) >= 11 is 0. The first-order valence-corrected chi connectivity index (χ1v) is 6.69. The van der Waals surface area contributed by atoms with Crippen LogP contribution in [0.3, 0.4) is 0 Å². The second-order valence-corrected chi connectivity index (χ2v) is 5.24. The summed E-state index contributed by atoms with van der Waals surface area (Å²) in [5.74, 6) is -1.63. The quantitative estimate of drug-likeness (QED) is 0.632. The monoisotopic (exact) mass is 302 g/mol. The van der Waals surface area contributed by atoms with E-state index in [0.29, 0.717) is 12.0 Å². The summed E-state index contributed by atoms with van der Waals surface area (Å²) in [4.78, 5) is 12.5. The van der Waals surface area contributed by atoms with Crippen LogP contribution in [0.15, 0.2) is 30.3 Å². The van der Waals surface area contributed by atoms with E-state index in [9.17, 15) is 25.2 Å². The average molecular weight is 302 g/mol. The molecule has 0 aromatic heterocycles. The van der Waals surface area contributed by atoms with Crippen LogP contribution >= 0.6 is 0 Å². The molecule has 0 unspecified atom stereocenters. The number of phenolic OH excluding ortho intramolecular Hbond substituents is 4. The van der Waals surface area contributed by atoms with E-state index in [1.54, 1.807) is 6.07 Å². The minimum atomic E-state index is -0.521. The standard InChI is InChI=1S/C16H14O6/c17-10-5-13(20)15-14(6-10)22-7-9(16(15)21)3-8-1-2-11(18)12(19)4-8/h1-2,4-6,9,17-20H,3,7H2/t9-/m1/s1. The molecule has 0 fully saturated rings. The Hall–Kier alpha value is -2.89. The Labute approximate surface area is 125 Å². The Morgan fingerprint density at radius 2 is 1.77 bits per heavy atom. The van der Waals surface area contributed by atoms with E-state index in [4.69, 9.17) is 4.74 Å². The summed E-state index contributed by atoms with van der Waals surface area (Å²) in [6, 6.07) is 6.72. The van der Waals surface area contributed by atoms with Crippen molar-refractivity contribution >= 4 is 5.78 Å². The molecule has 114 valence electrons. The number of phenols is 4. The van der Waals surface area contributed by atoms with Gasteiger partial charge in [-0.2, -0.15) is 0 Å². The lowest BCUT2D eigenvalue weighted by atomic mass is 9.89. The van der Waals surface area contributed by atoms with E-state index >= 15 is 0 Å². The van der Waals surface area contributed by atoms with Gasteiger partial charge in [-0.15, -0.1) is 0 Å². The molecule has 6 nitrogen and oxygen atoms in total. The third kappa shape index (κ3) is 2.39. The Balaban J connectivity index is 1.88. The number of ketones is 1. The van der Waals surface area contributed by atoms with E-state index < -0.39 is 5.92 Å². The number of aromatic hydroxyl groups is 4. The molecule has 0 bridgehead atoms. The van der Waals surface area contributed by atoms with Gasteiger partial charge in [0, 0.05) is 12.1 Å². The summed E-state index contributed by atoms with van der Waals surface area (Å²) in [5.41, 5.74) is 0.719. The van der Waals surface area contributed by atoms with Gasteiger partial charge in [-0.3, -0.25) is 4.79 Å².